The van der Waals surface area contributed by atoms with Crippen LogP contribution in [0.5, 0.6) is 0 Å². The van der Waals surface area contributed by atoms with Gasteiger partial charge in [-0.2, -0.15) is 0 Å². The van der Waals surface area contributed by atoms with Crippen molar-refractivity contribution < 1.29 is 14.1 Å². The number of hydrogen-bond acceptors (Lipinski definition) is 5. The minimum Gasteiger partial charge on any atom is -0.376 e. The van der Waals surface area contributed by atoms with Crippen LogP contribution >= 0.6 is 0 Å². The number of hydrogen-bond donors (Lipinski definition) is 2. The van der Waals surface area contributed by atoms with Gasteiger partial charge in [-0.15, -0.1) is 0 Å². The fraction of sp³-hybridized carbons (Fsp3) is 0.538. The van der Waals surface area contributed by atoms with Gasteiger partial charge in [0.2, 0.25) is 0 Å². The van der Waals surface area contributed by atoms with Gasteiger partial charge in [0, 0.05) is 18.6 Å². The Morgan fingerprint density at radius 1 is 1.50 bits per heavy atom. The molecule has 0 spiro atoms. The van der Waals surface area contributed by atoms with Crippen molar-refractivity contribution in [1.82, 2.24) is 0 Å². The van der Waals surface area contributed by atoms with Gasteiger partial charge in [0.15, 0.2) is 0 Å². The van der Waals surface area contributed by atoms with Crippen LogP contribution in [0.25, 0.3) is 0 Å². The van der Waals surface area contributed by atoms with Gasteiger partial charge in [-0.1, -0.05) is 0 Å². The van der Waals surface area contributed by atoms with Gasteiger partial charge in [-0.05, 0) is 25.0 Å². The summed E-state index contributed by atoms with van der Waals surface area (Å²) in [5.41, 5.74) is 6.10. The van der Waals surface area contributed by atoms with Crippen molar-refractivity contribution in [1.29, 1.82) is 0 Å². The van der Waals surface area contributed by atoms with Gasteiger partial charge < -0.3 is 15.8 Å². The first-order valence-corrected chi connectivity index (χ1v) is 6.65. The highest BCUT2D eigenvalue weighted by molar-refractivity contribution is 5.62. The van der Waals surface area contributed by atoms with E-state index in [2.05, 4.69) is 5.32 Å². The summed E-state index contributed by atoms with van der Waals surface area (Å²) in [6, 6.07) is 3.22. The monoisotopic (exact) mass is 281 g/mol. The number of halogens is 1. The molecule has 0 aromatic heterocycles. The number of anilines is 1. The van der Waals surface area contributed by atoms with Gasteiger partial charge in [0.05, 0.1) is 23.1 Å². The zero-order valence-electron chi connectivity index (χ0n) is 10.8. The van der Waals surface area contributed by atoms with Crippen molar-refractivity contribution in [2.24, 2.45) is 11.7 Å². The summed E-state index contributed by atoms with van der Waals surface area (Å²) in [4.78, 5) is 10.4. The zero-order valence-corrected chi connectivity index (χ0v) is 10.8. The first kappa shape index (κ1) is 13.3. The van der Waals surface area contributed by atoms with Crippen molar-refractivity contribution >= 4 is 11.4 Å². The van der Waals surface area contributed by atoms with E-state index in [0.717, 1.165) is 18.9 Å². The molecule has 1 aliphatic heterocycles. The molecule has 1 heterocycles. The molecule has 108 valence electrons. The van der Waals surface area contributed by atoms with E-state index in [1.165, 1.54) is 12.1 Å². The Bertz CT molecular complexity index is 540. The van der Waals surface area contributed by atoms with Gasteiger partial charge in [0.1, 0.15) is 11.5 Å². The average molecular weight is 281 g/mol. The Balaban J connectivity index is 1.80. The molecular formula is C13H16FN3O3. The van der Waals surface area contributed by atoms with E-state index < -0.39 is 10.7 Å². The van der Waals surface area contributed by atoms with E-state index in [4.69, 9.17) is 10.5 Å². The number of rotatable bonds is 3. The Hall–Kier alpha value is -1.73. The molecule has 3 rings (SSSR count). The molecule has 0 radical (unpaired) electrons. The minimum atomic E-state index is -0.632. The highest BCUT2D eigenvalue weighted by Gasteiger charge is 2.50. The molecule has 6 nitrogen and oxygen atoms in total. The van der Waals surface area contributed by atoms with Crippen LogP contribution in [0.1, 0.15) is 12.8 Å². The molecule has 1 aromatic carbocycles. The summed E-state index contributed by atoms with van der Waals surface area (Å²) in [6.07, 6.45) is 2.01. The fourth-order valence-electron chi connectivity index (χ4n) is 3.08. The number of nitrogens with two attached hydrogens (primary N) is 1. The van der Waals surface area contributed by atoms with Gasteiger partial charge >= 0.3 is 0 Å². The lowest BCUT2D eigenvalue weighted by Gasteiger charge is -2.52. The van der Waals surface area contributed by atoms with Gasteiger partial charge in [0.25, 0.3) is 5.69 Å². The number of fused-ring (bicyclic) bond motifs is 1. The van der Waals surface area contributed by atoms with E-state index >= 15 is 0 Å². The number of nitrogens with zero attached hydrogens (tertiary/aromatic N) is 1. The van der Waals surface area contributed by atoms with Crippen molar-refractivity contribution in [3.63, 3.8) is 0 Å². The van der Waals surface area contributed by atoms with Crippen LogP contribution in [0, 0.1) is 21.8 Å². The zero-order chi connectivity index (χ0) is 14.3. The SMILES string of the molecule is NC1C2CCCOC2C1Nc1ccc(F)cc1[N+](=O)[O-]. The van der Waals surface area contributed by atoms with Crippen molar-refractivity contribution in [2.45, 2.75) is 31.0 Å². The lowest BCUT2D eigenvalue weighted by Crippen LogP contribution is -2.69. The second-order valence-corrected chi connectivity index (χ2v) is 5.31. The molecule has 1 aliphatic carbocycles. The molecule has 20 heavy (non-hydrogen) atoms. The normalized spacial score (nSPS) is 32.1. The summed E-state index contributed by atoms with van der Waals surface area (Å²) in [6.45, 7) is 0.692. The van der Waals surface area contributed by atoms with Gasteiger partial charge in [-0.25, -0.2) is 4.39 Å². The fourth-order valence-corrected chi connectivity index (χ4v) is 3.08. The molecule has 7 heteroatoms. The molecule has 3 N–H and O–H groups in total. The number of nitro groups is 1. The second-order valence-electron chi connectivity index (χ2n) is 5.31. The molecule has 1 aromatic rings. The van der Waals surface area contributed by atoms with Crippen LogP contribution in [0.15, 0.2) is 18.2 Å². The third-order valence-corrected chi connectivity index (χ3v) is 4.16. The molecule has 1 saturated carbocycles. The number of nitro benzene ring substituents is 1. The maximum absolute atomic E-state index is 13.1. The molecular weight excluding hydrogens is 265 g/mol. The summed E-state index contributed by atoms with van der Waals surface area (Å²) < 4.78 is 18.8. The largest absolute Gasteiger partial charge is 0.376 e. The van der Waals surface area contributed by atoms with Crippen LogP contribution in [0.4, 0.5) is 15.8 Å². The predicted octanol–water partition coefficient (Wildman–Crippen LogP) is 1.65. The van der Waals surface area contributed by atoms with E-state index in [0.29, 0.717) is 12.5 Å². The topological polar surface area (TPSA) is 90.4 Å². The molecule has 4 unspecified atom stereocenters. The highest BCUT2D eigenvalue weighted by Crippen LogP contribution is 2.39. The van der Waals surface area contributed by atoms with E-state index in [9.17, 15) is 14.5 Å². The molecule has 2 aliphatic rings. The van der Waals surface area contributed by atoms with Crippen LogP contribution in [-0.4, -0.2) is 29.7 Å². The number of nitrogens with one attached hydrogen (secondary N) is 1. The molecule has 2 fully saturated rings. The van der Waals surface area contributed by atoms with Crippen LogP contribution < -0.4 is 11.1 Å². The van der Waals surface area contributed by atoms with E-state index in [1.807, 2.05) is 0 Å². The van der Waals surface area contributed by atoms with Crippen molar-refractivity contribution in [3.05, 3.63) is 34.1 Å². The lowest BCUT2D eigenvalue weighted by molar-refractivity contribution is -0.384. The second kappa shape index (κ2) is 4.99. The summed E-state index contributed by atoms with van der Waals surface area (Å²) in [7, 11) is 0. The van der Waals surface area contributed by atoms with Crippen molar-refractivity contribution in [2.75, 3.05) is 11.9 Å². The number of ether oxygens (including phenoxy) is 1. The van der Waals surface area contributed by atoms with Crippen LogP contribution in [-0.2, 0) is 4.74 Å². The first-order chi connectivity index (χ1) is 9.58. The maximum atomic E-state index is 13.1. The smallest absolute Gasteiger partial charge is 0.295 e. The summed E-state index contributed by atoms with van der Waals surface area (Å²) >= 11 is 0. The Morgan fingerprint density at radius 3 is 3.05 bits per heavy atom. The molecule has 0 amide bonds. The quantitative estimate of drug-likeness (QED) is 0.649. The molecule has 1 saturated heterocycles. The lowest BCUT2D eigenvalue weighted by atomic mass is 9.68. The highest BCUT2D eigenvalue weighted by atomic mass is 19.1. The Kier molecular flexibility index (Phi) is 3.31. The average Bonchev–Trinajstić information content (AvgIpc) is 2.45. The van der Waals surface area contributed by atoms with Gasteiger partial charge in [-0.3, -0.25) is 10.1 Å². The Morgan fingerprint density at radius 2 is 2.30 bits per heavy atom. The molecule has 0 bridgehead atoms. The standard InChI is InChI=1S/C13H16FN3O3/c14-7-3-4-9(10(6-7)17(18)19)16-12-11(15)8-2-1-5-20-13(8)12/h3-4,6,8,11-13,16H,1-2,5,15H2. The molecule has 4 atom stereocenters. The third-order valence-electron chi connectivity index (χ3n) is 4.16. The van der Waals surface area contributed by atoms with Crippen molar-refractivity contribution in [3.8, 4) is 0 Å². The van der Waals surface area contributed by atoms with Crippen LogP contribution in [0.3, 0.4) is 0 Å². The van der Waals surface area contributed by atoms with E-state index in [1.54, 1.807) is 0 Å². The van der Waals surface area contributed by atoms with Crippen LogP contribution in [0.2, 0.25) is 0 Å². The third kappa shape index (κ3) is 2.12. The van der Waals surface area contributed by atoms with E-state index in [-0.39, 0.29) is 29.6 Å². The predicted molar refractivity (Wildman–Crippen MR) is 70.9 cm³/mol. The maximum Gasteiger partial charge on any atom is 0.295 e. The minimum absolute atomic E-state index is 0.0107. The summed E-state index contributed by atoms with van der Waals surface area (Å²) in [5, 5.41) is 14.0. The number of benzene rings is 1. The Labute approximate surface area is 115 Å². The summed E-state index contributed by atoms with van der Waals surface area (Å²) in [5.74, 6) is -0.326. The first-order valence-electron chi connectivity index (χ1n) is 6.65.